The van der Waals surface area contributed by atoms with Gasteiger partial charge in [0.05, 0.1) is 30.6 Å². The summed E-state index contributed by atoms with van der Waals surface area (Å²) in [4.78, 5) is 23.9. The molecule has 1 N–H and O–H groups in total. The lowest BCUT2D eigenvalue weighted by atomic mass is 10.0. The summed E-state index contributed by atoms with van der Waals surface area (Å²) in [6.45, 7) is 5.62. The largest absolute Gasteiger partial charge is 0.378 e. The summed E-state index contributed by atoms with van der Waals surface area (Å²) in [5.74, 6) is 0. The van der Waals surface area contributed by atoms with Gasteiger partial charge in [0.15, 0.2) is 5.17 Å². The Labute approximate surface area is 184 Å². The lowest BCUT2D eigenvalue weighted by Gasteiger charge is -2.24. The highest BCUT2D eigenvalue weighted by atomic mass is 32.2. The summed E-state index contributed by atoms with van der Waals surface area (Å²) >= 11 is 1.31. The fourth-order valence-corrected chi connectivity index (χ4v) is 4.35. The number of urea groups is 1. The average molecular weight is 436 g/mol. The second-order valence-electron chi connectivity index (χ2n) is 7.20. The number of carbonyl (C=O) groups is 1. The minimum Gasteiger partial charge on any atom is -0.378 e. The lowest BCUT2D eigenvalue weighted by Crippen LogP contribution is -2.39. The first-order valence-corrected chi connectivity index (χ1v) is 10.6. The van der Waals surface area contributed by atoms with E-state index in [0.29, 0.717) is 54.1 Å². The van der Waals surface area contributed by atoms with E-state index in [2.05, 4.69) is 16.1 Å². The number of benzene rings is 1. The molecule has 0 spiro atoms. The molecule has 0 aromatic heterocycles. The van der Waals surface area contributed by atoms with E-state index >= 15 is 0 Å². The first-order valence-electron chi connectivity index (χ1n) is 9.79. The van der Waals surface area contributed by atoms with Gasteiger partial charge in [0, 0.05) is 35.0 Å². The molecule has 1 saturated heterocycles. The number of ether oxygens (including phenoxy) is 1. The molecule has 1 fully saturated rings. The van der Waals surface area contributed by atoms with Crippen molar-refractivity contribution >= 4 is 28.7 Å². The van der Waals surface area contributed by atoms with Crippen molar-refractivity contribution in [2.45, 2.75) is 13.8 Å². The molecular weight excluding hydrogens is 414 g/mol. The maximum absolute atomic E-state index is 12.6. The number of allylic oxidation sites excluding steroid dienone is 6. The van der Waals surface area contributed by atoms with Crippen molar-refractivity contribution in [1.82, 2.24) is 9.96 Å². The number of aliphatic imine (C=N–C) groups is 2. The quantitative estimate of drug-likeness (QED) is 0.722. The SMILES string of the molecule is CC1=CC(=C2S/C(=N\C(=O)N3CCOCC3)N=C2c2cccc(C#N)c2)C=C(C)N1O. The number of hydroxylamine groups is 2. The number of morpholine rings is 1. The van der Waals surface area contributed by atoms with Crippen LogP contribution in [0, 0.1) is 11.3 Å². The van der Waals surface area contributed by atoms with Gasteiger partial charge in [-0.2, -0.15) is 10.3 Å². The number of nitriles is 1. The van der Waals surface area contributed by atoms with Gasteiger partial charge in [-0.1, -0.05) is 12.1 Å². The molecule has 2 amide bonds. The molecule has 0 unspecified atom stereocenters. The summed E-state index contributed by atoms with van der Waals surface area (Å²) in [5, 5.41) is 20.8. The maximum Gasteiger partial charge on any atom is 0.346 e. The van der Waals surface area contributed by atoms with Crippen LogP contribution in [0.15, 0.2) is 68.3 Å². The number of hydrogen-bond acceptors (Lipinski definition) is 6. The molecule has 0 saturated carbocycles. The van der Waals surface area contributed by atoms with E-state index in [1.165, 1.54) is 11.8 Å². The number of nitrogens with zero attached hydrogens (tertiary/aromatic N) is 5. The molecule has 9 heteroatoms. The second kappa shape index (κ2) is 8.89. The van der Waals surface area contributed by atoms with E-state index in [9.17, 15) is 15.3 Å². The van der Waals surface area contributed by atoms with Crippen LogP contribution < -0.4 is 0 Å². The van der Waals surface area contributed by atoms with E-state index in [-0.39, 0.29) is 6.03 Å². The van der Waals surface area contributed by atoms with Crippen LogP contribution >= 0.6 is 11.8 Å². The molecule has 0 atom stereocenters. The Hall–Kier alpha value is -3.19. The lowest BCUT2D eigenvalue weighted by molar-refractivity contribution is -0.0195. The number of thioether (sulfide) groups is 1. The van der Waals surface area contributed by atoms with Crippen molar-refractivity contribution in [3.63, 3.8) is 0 Å². The molecule has 31 heavy (non-hydrogen) atoms. The third-order valence-electron chi connectivity index (χ3n) is 5.01. The van der Waals surface area contributed by atoms with Gasteiger partial charge in [-0.05, 0) is 55.5 Å². The van der Waals surface area contributed by atoms with E-state index in [0.717, 1.165) is 21.1 Å². The molecule has 0 radical (unpaired) electrons. The van der Waals surface area contributed by atoms with Crippen molar-refractivity contribution in [2.75, 3.05) is 26.3 Å². The van der Waals surface area contributed by atoms with Gasteiger partial charge in [0.25, 0.3) is 0 Å². The van der Waals surface area contributed by atoms with E-state index in [4.69, 9.17) is 4.74 Å². The fraction of sp³-hybridized carbons (Fsp3) is 0.273. The van der Waals surface area contributed by atoms with Crippen LogP contribution in [-0.2, 0) is 4.74 Å². The minimum atomic E-state index is -0.338. The summed E-state index contributed by atoms with van der Waals surface area (Å²) < 4.78 is 5.30. The normalized spacial score (nSPS) is 20.5. The van der Waals surface area contributed by atoms with E-state index in [1.807, 2.05) is 18.2 Å². The Morgan fingerprint density at radius 1 is 1.26 bits per heavy atom. The van der Waals surface area contributed by atoms with Crippen molar-refractivity contribution < 1.29 is 14.7 Å². The predicted molar refractivity (Wildman–Crippen MR) is 119 cm³/mol. The third kappa shape index (κ3) is 4.46. The summed E-state index contributed by atoms with van der Waals surface area (Å²) in [5.41, 5.74) is 4.13. The Morgan fingerprint density at radius 2 is 1.97 bits per heavy atom. The van der Waals surface area contributed by atoms with Crippen LogP contribution in [0.5, 0.6) is 0 Å². The Morgan fingerprint density at radius 3 is 2.65 bits per heavy atom. The number of carbonyl (C=O) groups excluding carboxylic acids is 1. The molecular formula is C22H21N5O3S. The fourth-order valence-electron chi connectivity index (χ4n) is 3.41. The highest BCUT2D eigenvalue weighted by Gasteiger charge is 2.27. The van der Waals surface area contributed by atoms with Crippen molar-refractivity contribution in [3.05, 3.63) is 69.4 Å². The third-order valence-corrected chi connectivity index (χ3v) is 6.01. The topological polar surface area (TPSA) is 102 Å². The van der Waals surface area contributed by atoms with Crippen molar-refractivity contribution in [1.29, 1.82) is 5.26 Å². The summed E-state index contributed by atoms with van der Waals surface area (Å²) in [6, 6.07) is 8.98. The second-order valence-corrected chi connectivity index (χ2v) is 8.18. The van der Waals surface area contributed by atoms with Gasteiger partial charge >= 0.3 is 6.03 Å². The number of rotatable bonds is 1. The van der Waals surface area contributed by atoms with Gasteiger partial charge < -0.3 is 9.64 Å². The van der Waals surface area contributed by atoms with Crippen LogP contribution in [0.25, 0.3) is 0 Å². The summed E-state index contributed by atoms with van der Waals surface area (Å²) in [7, 11) is 0. The molecule has 1 aromatic carbocycles. The van der Waals surface area contributed by atoms with Crippen LogP contribution in [-0.4, -0.2) is 58.4 Å². The zero-order chi connectivity index (χ0) is 22.0. The van der Waals surface area contributed by atoms with Gasteiger partial charge in [-0.25, -0.2) is 14.9 Å². The van der Waals surface area contributed by atoms with Crippen molar-refractivity contribution in [2.24, 2.45) is 9.98 Å². The van der Waals surface area contributed by atoms with Crippen LogP contribution in [0.4, 0.5) is 4.79 Å². The molecule has 3 heterocycles. The Kier molecular flexibility index (Phi) is 6.04. The first kappa shape index (κ1) is 21.1. The average Bonchev–Trinajstić information content (AvgIpc) is 3.21. The molecule has 0 aliphatic carbocycles. The molecule has 1 aromatic rings. The van der Waals surface area contributed by atoms with Gasteiger partial charge in [0.2, 0.25) is 0 Å². The molecule has 0 bridgehead atoms. The predicted octanol–water partition coefficient (Wildman–Crippen LogP) is 3.67. The highest BCUT2D eigenvalue weighted by molar-refractivity contribution is 8.18. The van der Waals surface area contributed by atoms with E-state index < -0.39 is 0 Å². The molecule has 4 rings (SSSR count). The number of amidine groups is 1. The maximum atomic E-state index is 12.6. The van der Waals surface area contributed by atoms with Gasteiger partial charge in [-0.15, -0.1) is 0 Å². The zero-order valence-corrected chi connectivity index (χ0v) is 18.0. The van der Waals surface area contributed by atoms with Crippen LogP contribution in [0.1, 0.15) is 25.0 Å². The van der Waals surface area contributed by atoms with Crippen molar-refractivity contribution in [3.8, 4) is 6.07 Å². The smallest absolute Gasteiger partial charge is 0.346 e. The number of amides is 2. The summed E-state index contributed by atoms with van der Waals surface area (Å²) in [6.07, 6.45) is 3.71. The van der Waals surface area contributed by atoms with E-state index in [1.54, 1.807) is 36.9 Å². The Balaban J connectivity index is 1.77. The highest BCUT2D eigenvalue weighted by Crippen LogP contribution is 2.37. The van der Waals surface area contributed by atoms with Crippen LogP contribution in [0.3, 0.4) is 0 Å². The standard InChI is InChI=1S/C22H21N5O3S/c1-14-10-18(11-15(2)27(14)29)20-19(17-5-3-4-16(12-17)13-23)24-21(31-20)25-22(28)26-6-8-30-9-7-26/h3-5,10-12,29H,6-9H2,1-2H3/b25-21-. The zero-order valence-electron chi connectivity index (χ0n) is 17.2. The van der Waals surface area contributed by atoms with Gasteiger partial charge in [0.1, 0.15) is 0 Å². The van der Waals surface area contributed by atoms with Gasteiger partial charge in [-0.3, -0.25) is 5.21 Å². The molecule has 158 valence electrons. The molecule has 8 nitrogen and oxygen atoms in total. The molecule has 3 aliphatic rings. The molecule has 3 aliphatic heterocycles. The number of hydrogen-bond donors (Lipinski definition) is 1. The Bertz CT molecular complexity index is 1100. The monoisotopic (exact) mass is 435 g/mol. The minimum absolute atomic E-state index is 0.338. The van der Waals surface area contributed by atoms with Crippen LogP contribution in [0.2, 0.25) is 0 Å². The first-order chi connectivity index (χ1) is 15.0.